The molecule has 0 aliphatic carbocycles. The lowest BCUT2D eigenvalue weighted by Crippen LogP contribution is -2.34. The van der Waals surface area contributed by atoms with Crippen LogP contribution in [0, 0.1) is 6.92 Å². The third kappa shape index (κ3) is 1.93. The van der Waals surface area contributed by atoms with Crippen molar-refractivity contribution in [1.29, 1.82) is 0 Å². The smallest absolute Gasteiger partial charge is 0.127 e. The second kappa shape index (κ2) is 3.91. The Balaban J connectivity index is 2.17. The lowest BCUT2D eigenvalue weighted by Gasteiger charge is -2.30. The zero-order chi connectivity index (χ0) is 10.1. The van der Waals surface area contributed by atoms with E-state index in [4.69, 9.17) is 11.6 Å². The van der Waals surface area contributed by atoms with Gasteiger partial charge in [0.2, 0.25) is 0 Å². The number of likely N-dealkylation sites (N-methyl/N-ethyl adjacent to an activating group) is 1. The number of halogens is 1. The molecule has 0 amide bonds. The predicted molar refractivity (Wildman–Crippen MR) is 57.7 cm³/mol. The van der Waals surface area contributed by atoms with Crippen molar-refractivity contribution < 1.29 is 0 Å². The summed E-state index contributed by atoms with van der Waals surface area (Å²) in [5.41, 5.74) is 1.00. The molecule has 1 atom stereocenters. The molecule has 0 spiro atoms. The fourth-order valence-corrected chi connectivity index (χ4v) is 2.41. The van der Waals surface area contributed by atoms with Crippen LogP contribution in [0.4, 0.5) is 0 Å². The molecular formula is C10H16ClN3. The van der Waals surface area contributed by atoms with E-state index >= 15 is 0 Å². The molecule has 1 aromatic rings. The molecule has 1 aromatic heterocycles. The molecule has 0 radical (unpaired) electrons. The fourth-order valence-electron chi connectivity index (χ4n) is 2.08. The molecule has 0 bridgehead atoms. The summed E-state index contributed by atoms with van der Waals surface area (Å²) in [6.07, 6.45) is 2.42. The van der Waals surface area contributed by atoms with E-state index in [1.54, 1.807) is 0 Å². The van der Waals surface area contributed by atoms with E-state index < -0.39 is 0 Å². The van der Waals surface area contributed by atoms with Gasteiger partial charge in [-0.2, -0.15) is 5.10 Å². The Morgan fingerprint density at radius 1 is 1.57 bits per heavy atom. The van der Waals surface area contributed by atoms with E-state index in [1.165, 1.54) is 19.4 Å². The number of hydrogen-bond donors (Lipinski definition) is 0. The minimum Gasteiger partial charge on any atom is -0.304 e. The molecule has 0 N–H and O–H groups in total. The van der Waals surface area contributed by atoms with Gasteiger partial charge < -0.3 is 4.90 Å². The number of hydrogen-bond acceptors (Lipinski definition) is 2. The van der Waals surface area contributed by atoms with Crippen molar-refractivity contribution in [3.05, 3.63) is 16.9 Å². The van der Waals surface area contributed by atoms with Crippen molar-refractivity contribution >= 4 is 11.6 Å². The van der Waals surface area contributed by atoms with Gasteiger partial charge in [-0.3, -0.25) is 0 Å². The van der Waals surface area contributed by atoms with Gasteiger partial charge in [-0.15, -0.1) is 0 Å². The van der Waals surface area contributed by atoms with Crippen LogP contribution >= 0.6 is 11.6 Å². The second-order valence-electron chi connectivity index (χ2n) is 4.11. The van der Waals surface area contributed by atoms with Crippen LogP contribution < -0.4 is 0 Å². The van der Waals surface area contributed by atoms with Crippen molar-refractivity contribution in [2.24, 2.45) is 0 Å². The van der Waals surface area contributed by atoms with Crippen LogP contribution in [0.1, 0.15) is 24.6 Å². The van der Waals surface area contributed by atoms with Crippen molar-refractivity contribution in [2.45, 2.75) is 25.8 Å². The summed E-state index contributed by atoms with van der Waals surface area (Å²) in [6, 6.07) is 2.38. The summed E-state index contributed by atoms with van der Waals surface area (Å²) in [4.78, 5) is 2.33. The topological polar surface area (TPSA) is 21.1 Å². The molecule has 14 heavy (non-hydrogen) atoms. The van der Waals surface area contributed by atoms with Gasteiger partial charge in [-0.25, -0.2) is 4.68 Å². The fraction of sp³-hybridized carbons (Fsp3) is 0.700. The van der Waals surface area contributed by atoms with E-state index in [-0.39, 0.29) is 0 Å². The van der Waals surface area contributed by atoms with Crippen molar-refractivity contribution in [1.82, 2.24) is 14.7 Å². The highest BCUT2D eigenvalue weighted by Gasteiger charge is 2.21. The Kier molecular flexibility index (Phi) is 2.79. The van der Waals surface area contributed by atoms with Crippen LogP contribution in [-0.2, 0) is 0 Å². The average Bonchev–Trinajstić information content (AvgIpc) is 2.45. The van der Waals surface area contributed by atoms with Gasteiger partial charge >= 0.3 is 0 Å². The maximum absolute atomic E-state index is 6.11. The zero-order valence-electron chi connectivity index (χ0n) is 8.70. The monoisotopic (exact) mass is 213 g/mol. The summed E-state index contributed by atoms with van der Waals surface area (Å²) >= 11 is 6.11. The predicted octanol–water partition coefficient (Wildman–Crippen LogP) is 2.11. The third-order valence-corrected chi connectivity index (χ3v) is 3.04. The first-order valence-electron chi connectivity index (χ1n) is 5.07. The number of rotatable bonds is 1. The van der Waals surface area contributed by atoms with E-state index in [9.17, 15) is 0 Å². The zero-order valence-corrected chi connectivity index (χ0v) is 9.46. The highest BCUT2D eigenvalue weighted by Crippen LogP contribution is 2.24. The molecule has 0 saturated carbocycles. The summed E-state index contributed by atoms with van der Waals surface area (Å²) in [5, 5.41) is 5.19. The number of piperidine rings is 1. The van der Waals surface area contributed by atoms with Gasteiger partial charge in [0.15, 0.2) is 0 Å². The van der Waals surface area contributed by atoms with E-state index in [0.29, 0.717) is 6.04 Å². The van der Waals surface area contributed by atoms with Crippen LogP contribution in [-0.4, -0.2) is 34.8 Å². The summed E-state index contributed by atoms with van der Waals surface area (Å²) < 4.78 is 1.96. The molecule has 1 unspecified atom stereocenters. The highest BCUT2D eigenvalue weighted by atomic mass is 35.5. The van der Waals surface area contributed by atoms with E-state index in [0.717, 1.165) is 17.4 Å². The number of aromatic nitrogens is 2. The molecule has 0 aromatic carbocycles. The summed E-state index contributed by atoms with van der Waals surface area (Å²) in [5.74, 6) is 0. The van der Waals surface area contributed by atoms with Crippen molar-refractivity contribution in [2.75, 3.05) is 20.1 Å². The average molecular weight is 214 g/mol. The van der Waals surface area contributed by atoms with Gasteiger partial charge in [-0.1, -0.05) is 11.6 Å². The first kappa shape index (κ1) is 9.99. The maximum atomic E-state index is 6.11. The van der Waals surface area contributed by atoms with Gasteiger partial charge in [0.05, 0.1) is 11.7 Å². The SMILES string of the molecule is Cc1cc(Cl)n(C2CCCN(C)C2)n1. The summed E-state index contributed by atoms with van der Waals surface area (Å²) in [6.45, 7) is 4.23. The Bertz CT molecular complexity index is 321. The van der Waals surface area contributed by atoms with E-state index in [2.05, 4.69) is 17.0 Å². The van der Waals surface area contributed by atoms with Crippen LogP contribution in [0.25, 0.3) is 0 Å². The Morgan fingerprint density at radius 3 is 2.93 bits per heavy atom. The van der Waals surface area contributed by atoms with Gasteiger partial charge in [0, 0.05) is 6.54 Å². The maximum Gasteiger partial charge on any atom is 0.127 e. The van der Waals surface area contributed by atoms with Crippen LogP contribution in [0.2, 0.25) is 5.15 Å². The Morgan fingerprint density at radius 2 is 2.36 bits per heavy atom. The van der Waals surface area contributed by atoms with Crippen LogP contribution in [0.3, 0.4) is 0 Å². The van der Waals surface area contributed by atoms with Gasteiger partial charge in [-0.05, 0) is 39.4 Å². The van der Waals surface area contributed by atoms with Crippen LogP contribution in [0.15, 0.2) is 6.07 Å². The second-order valence-corrected chi connectivity index (χ2v) is 4.50. The number of aryl methyl sites for hydroxylation is 1. The lowest BCUT2D eigenvalue weighted by atomic mass is 10.1. The van der Waals surface area contributed by atoms with Gasteiger partial charge in [0.1, 0.15) is 5.15 Å². The molecule has 2 heterocycles. The van der Waals surface area contributed by atoms with Crippen molar-refractivity contribution in [3.63, 3.8) is 0 Å². The Hall–Kier alpha value is -0.540. The molecular weight excluding hydrogens is 198 g/mol. The molecule has 4 heteroatoms. The molecule has 1 saturated heterocycles. The number of likely N-dealkylation sites (tertiary alicyclic amines) is 1. The first-order valence-corrected chi connectivity index (χ1v) is 5.45. The lowest BCUT2D eigenvalue weighted by molar-refractivity contribution is 0.202. The van der Waals surface area contributed by atoms with Gasteiger partial charge in [0.25, 0.3) is 0 Å². The highest BCUT2D eigenvalue weighted by molar-refractivity contribution is 6.29. The van der Waals surface area contributed by atoms with Crippen molar-refractivity contribution in [3.8, 4) is 0 Å². The third-order valence-electron chi connectivity index (χ3n) is 2.76. The molecule has 3 nitrogen and oxygen atoms in total. The van der Waals surface area contributed by atoms with E-state index in [1.807, 2.05) is 17.7 Å². The quantitative estimate of drug-likeness (QED) is 0.713. The minimum absolute atomic E-state index is 0.454. The standard InChI is InChI=1S/C10H16ClN3/c1-8-6-10(11)14(12-8)9-4-3-5-13(2)7-9/h6,9H,3-5,7H2,1-2H3. The largest absolute Gasteiger partial charge is 0.304 e. The molecule has 1 fully saturated rings. The summed E-state index contributed by atoms with van der Waals surface area (Å²) in [7, 11) is 2.15. The Labute approximate surface area is 89.7 Å². The molecule has 78 valence electrons. The molecule has 2 rings (SSSR count). The number of nitrogens with zero attached hydrogens (tertiary/aromatic N) is 3. The molecule has 1 aliphatic rings. The first-order chi connectivity index (χ1) is 6.66. The normalized spacial score (nSPS) is 24.1. The molecule has 1 aliphatic heterocycles. The van der Waals surface area contributed by atoms with Crippen LogP contribution in [0.5, 0.6) is 0 Å². The minimum atomic E-state index is 0.454.